The van der Waals surface area contributed by atoms with Gasteiger partial charge in [0.1, 0.15) is 0 Å². The van der Waals surface area contributed by atoms with Gasteiger partial charge in [-0.25, -0.2) is 0 Å². The Kier molecular flexibility index (Phi) is 2.93. The maximum absolute atomic E-state index is 11.2. The van der Waals surface area contributed by atoms with Gasteiger partial charge < -0.3 is 10.5 Å². The molecular weight excluding hydrogens is 238 g/mol. The van der Waals surface area contributed by atoms with Crippen LogP contribution in [0.4, 0.5) is 0 Å². The fourth-order valence-corrected chi connectivity index (χ4v) is 2.68. The van der Waals surface area contributed by atoms with Gasteiger partial charge in [0.05, 0.1) is 12.6 Å². The number of nitrogens with two attached hydrogens (primary N) is 1. The lowest BCUT2D eigenvalue weighted by molar-refractivity contribution is -0.222. The Bertz CT molecular complexity index is 591. The molecule has 0 heterocycles. The number of nitrogens with zero attached hydrogens (tertiary/aromatic N) is 1. The van der Waals surface area contributed by atoms with Gasteiger partial charge in [0, 0.05) is 5.92 Å². The van der Waals surface area contributed by atoms with Gasteiger partial charge in [0.25, 0.3) is 0 Å². The molecule has 0 radical (unpaired) electrons. The molecule has 0 aliphatic heterocycles. The van der Waals surface area contributed by atoms with Crippen LogP contribution < -0.4 is 16.4 Å². The van der Waals surface area contributed by atoms with Crippen LogP contribution in [0.3, 0.4) is 0 Å². The second-order valence-corrected chi connectivity index (χ2v) is 4.52. The summed E-state index contributed by atoms with van der Waals surface area (Å²) in [5, 5.41) is 11.2. The number of fused-ring (bicyclic) bond motifs is 3. The summed E-state index contributed by atoms with van der Waals surface area (Å²) in [5.74, 6) is 5.18. The third-order valence-electron chi connectivity index (χ3n) is 3.50. The van der Waals surface area contributed by atoms with Crippen molar-refractivity contribution in [3.63, 3.8) is 0 Å². The summed E-state index contributed by atoms with van der Waals surface area (Å²) in [5.41, 5.74) is 6.93. The highest BCUT2D eigenvalue weighted by atomic mass is 16.3. The van der Waals surface area contributed by atoms with E-state index in [-0.39, 0.29) is 5.92 Å². The van der Waals surface area contributed by atoms with Gasteiger partial charge >= 0.3 is 0 Å². The molecule has 0 spiro atoms. The summed E-state index contributed by atoms with van der Waals surface area (Å²) in [4.78, 5) is 3.95. The van der Waals surface area contributed by atoms with E-state index in [2.05, 4.69) is 29.3 Å². The van der Waals surface area contributed by atoms with Crippen molar-refractivity contribution in [3.05, 3.63) is 59.7 Å². The standard InChI is InChI=1S/C15H15N3O/c16-18-15(19)17-9-14-12-7-3-1-5-10(12)11-6-2-4-8-13(11)14/h1-8,14H,9,16H2,(H2,17,18,19)/p-1. The first-order valence-electron chi connectivity index (χ1n) is 6.17. The topological polar surface area (TPSA) is 73.5 Å². The number of hydrogen-bond donors (Lipinski definition) is 2. The van der Waals surface area contributed by atoms with Gasteiger partial charge in [0.2, 0.25) is 0 Å². The number of amidine groups is 1. The molecule has 0 saturated carbocycles. The van der Waals surface area contributed by atoms with E-state index >= 15 is 0 Å². The summed E-state index contributed by atoms with van der Waals surface area (Å²) in [7, 11) is 0. The van der Waals surface area contributed by atoms with E-state index in [0.717, 1.165) is 0 Å². The van der Waals surface area contributed by atoms with E-state index in [9.17, 15) is 5.11 Å². The van der Waals surface area contributed by atoms with Crippen LogP contribution in [0.2, 0.25) is 0 Å². The first-order chi connectivity index (χ1) is 9.31. The Hall–Kier alpha value is -2.33. The Labute approximate surface area is 111 Å². The third kappa shape index (κ3) is 1.96. The third-order valence-corrected chi connectivity index (χ3v) is 3.50. The lowest BCUT2D eigenvalue weighted by Crippen LogP contribution is -2.40. The SMILES string of the molecule is NNC([O-])=NCC1c2ccccc2-c2ccccc21. The zero-order valence-electron chi connectivity index (χ0n) is 10.3. The summed E-state index contributed by atoms with van der Waals surface area (Å²) in [6.45, 7) is 0.414. The summed E-state index contributed by atoms with van der Waals surface area (Å²) in [6, 6.07) is 16.0. The van der Waals surface area contributed by atoms with Gasteiger partial charge in [-0.15, -0.1) is 0 Å². The molecule has 0 saturated heterocycles. The van der Waals surface area contributed by atoms with Crippen LogP contribution in [-0.4, -0.2) is 12.6 Å². The molecule has 96 valence electrons. The fraction of sp³-hybridized carbons (Fsp3) is 0.133. The Morgan fingerprint density at radius 1 is 1.05 bits per heavy atom. The van der Waals surface area contributed by atoms with Gasteiger partial charge in [-0.05, 0) is 22.3 Å². The van der Waals surface area contributed by atoms with Crippen molar-refractivity contribution < 1.29 is 5.11 Å². The predicted octanol–water partition coefficient (Wildman–Crippen LogP) is 0.979. The highest BCUT2D eigenvalue weighted by molar-refractivity contribution is 5.79. The molecule has 4 heteroatoms. The summed E-state index contributed by atoms with van der Waals surface area (Å²) < 4.78 is 0. The average molecular weight is 252 g/mol. The van der Waals surface area contributed by atoms with Crippen molar-refractivity contribution in [2.75, 3.05) is 6.54 Å². The minimum Gasteiger partial charge on any atom is -0.846 e. The van der Waals surface area contributed by atoms with Crippen LogP contribution in [0, 0.1) is 0 Å². The first kappa shape index (κ1) is 11.7. The molecule has 0 bridgehead atoms. The van der Waals surface area contributed by atoms with Crippen LogP contribution in [0.1, 0.15) is 17.0 Å². The number of hydrazine groups is 1. The molecule has 0 aromatic heterocycles. The molecule has 4 nitrogen and oxygen atoms in total. The largest absolute Gasteiger partial charge is 0.846 e. The molecule has 3 rings (SSSR count). The van der Waals surface area contributed by atoms with Crippen molar-refractivity contribution in [1.82, 2.24) is 5.43 Å². The van der Waals surface area contributed by atoms with Gasteiger partial charge in [-0.3, -0.25) is 10.8 Å². The van der Waals surface area contributed by atoms with Crippen molar-refractivity contribution in [2.24, 2.45) is 10.8 Å². The second-order valence-electron chi connectivity index (χ2n) is 4.52. The summed E-state index contributed by atoms with van der Waals surface area (Å²) >= 11 is 0. The van der Waals surface area contributed by atoms with E-state index in [1.54, 1.807) is 0 Å². The number of hydrogen-bond acceptors (Lipinski definition) is 3. The first-order valence-corrected chi connectivity index (χ1v) is 6.17. The van der Waals surface area contributed by atoms with Crippen molar-refractivity contribution in [2.45, 2.75) is 5.92 Å². The fourth-order valence-electron chi connectivity index (χ4n) is 2.68. The van der Waals surface area contributed by atoms with Crippen LogP contribution >= 0.6 is 0 Å². The average Bonchev–Trinajstić information content (AvgIpc) is 2.79. The lowest BCUT2D eigenvalue weighted by atomic mass is 9.97. The van der Waals surface area contributed by atoms with Crippen molar-refractivity contribution in [1.29, 1.82) is 0 Å². The number of nitrogens with one attached hydrogen (secondary N) is 1. The maximum Gasteiger partial charge on any atom is 0.0617 e. The molecule has 0 unspecified atom stereocenters. The molecule has 2 aromatic carbocycles. The highest BCUT2D eigenvalue weighted by Crippen LogP contribution is 2.44. The molecule has 0 atom stereocenters. The van der Waals surface area contributed by atoms with Crippen LogP contribution in [0.25, 0.3) is 11.1 Å². The van der Waals surface area contributed by atoms with E-state index in [0.29, 0.717) is 6.54 Å². The Morgan fingerprint density at radius 3 is 2.11 bits per heavy atom. The summed E-state index contributed by atoms with van der Waals surface area (Å²) in [6.07, 6.45) is 0. The molecule has 2 aromatic rings. The van der Waals surface area contributed by atoms with E-state index in [4.69, 9.17) is 5.84 Å². The molecular formula is C15H14N3O-. The minimum absolute atomic E-state index is 0.129. The Balaban J connectivity index is 2.05. The van der Waals surface area contributed by atoms with Gasteiger partial charge in [-0.1, -0.05) is 48.5 Å². The lowest BCUT2D eigenvalue weighted by Gasteiger charge is -2.14. The van der Waals surface area contributed by atoms with E-state index in [1.807, 2.05) is 29.7 Å². The van der Waals surface area contributed by atoms with E-state index in [1.165, 1.54) is 22.3 Å². The predicted molar refractivity (Wildman–Crippen MR) is 73.3 cm³/mol. The van der Waals surface area contributed by atoms with Gasteiger partial charge in [0.15, 0.2) is 0 Å². The highest BCUT2D eigenvalue weighted by Gasteiger charge is 2.27. The molecule has 19 heavy (non-hydrogen) atoms. The normalized spacial score (nSPS) is 14.1. The minimum atomic E-state index is -0.484. The molecule has 0 amide bonds. The Morgan fingerprint density at radius 2 is 1.58 bits per heavy atom. The van der Waals surface area contributed by atoms with Crippen molar-refractivity contribution >= 4 is 6.02 Å². The monoisotopic (exact) mass is 252 g/mol. The van der Waals surface area contributed by atoms with Crippen LogP contribution in [-0.2, 0) is 0 Å². The number of aliphatic imine (C=N–C) groups is 1. The second kappa shape index (κ2) is 4.74. The molecule has 3 N–H and O–H groups in total. The zero-order valence-corrected chi connectivity index (χ0v) is 10.3. The van der Waals surface area contributed by atoms with Crippen LogP contribution in [0.15, 0.2) is 53.5 Å². The molecule has 1 aliphatic rings. The van der Waals surface area contributed by atoms with Crippen molar-refractivity contribution in [3.8, 4) is 11.1 Å². The van der Waals surface area contributed by atoms with E-state index < -0.39 is 6.02 Å². The van der Waals surface area contributed by atoms with Crippen LogP contribution in [0.5, 0.6) is 0 Å². The number of benzene rings is 2. The number of rotatable bonds is 2. The zero-order chi connectivity index (χ0) is 13.2. The van der Waals surface area contributed by atoms with Gasteiger partial charge in [-0.2, -0.15) is 0 Å². The maximum atomic E-state index is 11.2. The smallest absolute Gasteiger partial charge is 0.0617 e. The molecule has 0 fully saturated rings. The molecule has 1 aliphatic carbocycles. The quantitative estimate of drug-likeness (QED) is 0.362.